The molecule has 1 aromatic carbocycles. The number of carboxylic acids is 4. The monoisotopic (exact) mass is 666 g/mol. The largest absolute Gasteiger partial charge is 0.481 e. The lowest BCUT2D eigenvalue weighted by molar-refractivity contribution is -0.143. The first kappa shape index (κ1) is 38.9. The van der Waals surface area contributed by atoms with E-state index in [4.69, 9.17) is 15.9 Å². The second kappa shape index (κ2) is 18.7. The molecular formula is C27H34N6O14. The third-order valence-electron chi connectivity index (χ3n) is 6.05. The molecule has 256 valence electrons. The lowest BCUT2D eigenvalue weighted by atomic mass is 10.0. The normalized spacial score (nSPS) is 13.6. The first-order valence-corrected chi connectivity index (χ1v) is 13.6. The quantitative estimate of drug-likeness (QED) is 0.0635. The number of nitrogens with two attached hydrogens (primary N) is 1. The number of carboxylic acid groups (broad SMARTS) is 4. The molecule has 0 fully saturated rings. The Morgan fingerprint density at radius 1 is 0.532 bits per heavy atom. The summed E-state index contributed by atoms with van der Waals surface area (Å²) in [5.41, 5.74) is 5.51. The van der Waals surface area contributed by atoms with Crippen LogP contribution < -0.4 is 32.3 Å². The van der Waals surface area contributed by atoms with E-state index in [1.54, 1.807) is 18.2 Å². The highest BCUT2D eigenvalue weighted by Gasteiger charge is 2.34. The van der Waals surface area contributed by atoms with Gasteiger partial charge in [-0.2, -0.15) is 0 Å². The first-order valence-electron chi connectivity index (χ1n) is 13.6. The Morgan fingerprint density at radius 2 is 0.851 bits per heavy atom. The zero-order valence-electron chi connectivity index (χ0n) is 24.8. The fourth-order valence-corrected chi connectivity index (χ4v) is 3.94. The van der Waals surface area contributed by atoms with Gasteiger partial charge in [-0.05, 0) is 5.56 Å². The molecule has 1 rings (SSSR count). The minimum atomic E-state index is -1.94. The van der Waals surface area contributed by atoms with Crippen molar-refractivity contribution in [3.8, 4) is 0 Å². The van der Waals surface area contributed by atoms with Gasteiger partial charge < -0.3 is 52.7 Å². The van der Waals surface area contributed by atoms with Crippen LogP contribution in [-0.2, 0) is 54.4 Å². The van der Waals surface area contributed by atoms with Crippen molar-refractivity contribution in [3.05, 3.63) is 35.9 Å². The van der Waals surface area contributed by atoms with E-state index in [2.05, 4.69) is 16.0 Å². The number of rotatable bonds is 20. The second-order valence-corrected chi connectivity index (χ2v) is 9.98. The molecular weight excluding hydrogens is 632 g/mol. The van der Waals surface area contributed by atoms with Crippen LogP contribution in [0.25, 0.3) is 0 Å². The number of carbonyl (C=O) groups excluding carboxylic acids is 6. The zero-order valence-corrected chi connectivity index (χ0v) is 24.8. The SMILES string of the molecule is CC(=O)N[C@@H](CC(=O)O)C(=O)N[C@@H](CC(=O)O)C(=O)N[C@@H](Cc1ccccc1)C(=O)N[C@@H](CC(=O)O)C(=O)N[C@@H](CC(=O)O)C(N)=O. The van der Waals surface area contributed by atoms with Crippen molar-refractivity contribution < 1.29 is 68.4 Å². The molecule has 20 nitrogen and oxygen atoms in total. The third kappa shape index (κ3) is 15.0. The van der Waals surface area contributed by atoms with E-state index < -0.39 is 115 Å². The molecule has 0 aliphatic carbocycles. The summed E-state index contributed by atoms with van der Waals surface area (Å²) in [4.78, 5) is 120. The number of benzene rings is 1. The molecule has 0 aromatic heterocycles. The van der Waals surface area contributed by atoms with E-state index in [0.29, 0.717) is 5.56 Å². The van der Waals surface area contributed by atoms with E-state index in [0.717, 1.165) is 6.92 Å². The Labute approximate surface area is 265 Å². The zero-order chi connectivity index (χ0) is 35.8. The summed E-state index contributed by atoms with van der Waals surface area (Å²) in [6, 6.07) is -1.22. The maximum atomic E-state index is 13.4. The van der Waals surface area contributed by atoms with Gasteiger partial charge in [0.25, 0.3) is 0 Å². The number of hydrogen-bond acceptors (Lipinski definition) is 10. The Balaban J connectivity index is 3.36. The van der Waals surface area contributed by atoms with Crippen LogP contribution >= 0.6 is 0 Å². The number of aliphatic carboxylic acids is 4. The predicted molar refractivity (Wildman–Crippen MR) is 154 cm³/mol. The summed E-state index contributed by atoms with van der Waals surface area (Å²) < 4.78 is 0. The van der Waals surface area contributed by atoms with Gasteiger partial charge in [0.15, 0.2) is 0 Å². The number of primary amides is 1. The average molecular weight is 667 g/mol. The summed E-state index contributed by atoms with van der Waals surface area (Å²) in [6.07, 6.45) is -4.37. The minimum Gasteiger partial charge on any atom is -0.481 e. The van der Waals surface area contributed by atoms with E-state index in [1.807, 2.05) is 10.6 Å². The van der Waals surface area contributed by atoms with Gasteiger partial charge in [0, 0.05) is 13.3 Å². The molecule has 0 saturated carbocycles. The van der Waals surface area contributed by atoms with E-state index in [9.17, 15) is 58.2 Å². The van der Waals surface area contributed by atoms with E-state index in [1.165, 1.54) is 12.1 Å². The highest BCUT2D eigenvalue weighted by atomic mass is 16.4. The summed E-state index contributed by atoms with van der Waals surface area (Å²) in [7, 11) is 0. The third-order valence-corrected chi connectivity index (χ3v) is 6.05. The molecule has 0 bridgehead atoms. The fourth-order valence-electron chi connectivity index (χ4n) is 3.94. The van der Waals surface area contributed by atoms with Gasteiger partial charge in [-0.1, -0.05) is 30.3 Å². The molecule has 0 radical (unpaired) electrons. The van der Waals surface area contributed by atoms with Gasteiger partial charge in [0.2, 0.25) is 35.4 Å². The van der Waals surface area contributed by atoms with Crippen molar-refractivity contribution in [1.29, 1.82) is 0 Å². The van der Waals surface area contributed by atoms with Crippen molar-refractivity contribution in [2.45, 2.75) is 69.2 Å². The van der Waals surface area contributed by atoms with Crippen LogP contribution in [0.1, 0.15) is 38.2 Å². The Bertz CT molecular complexity index is 1370. The number of carbonyl (C=O) groups is 10. The van der Waals surface area contributed by atoms with Crippen LogP contribution in [0.4, 0.5) is 0 Å². The highest BCUT2D eigenvalue weighted by molar-refractivity contribution is 5.99. The molecule has 0 unspecified atom stereocenters. The molecule has 47 heavy (non-hydrogen) atoms. The van der Waals surface area contributed by atoms with Crippen LogP contribution in [0.5, 0.6) is 0 Å². The molecule has 11 N–H and O–H groups in total. The maximum absolute atomic E-state index is 13.4. The second-order valence-electron chi connectivity index (χ2n) is 9.98. The lowest BCUT2D eigenvalue weighted by Crippen LogP contribution is -2.60. The Kier molecular flexibility index (Phi) is 15.5. The first-order chi connectivity index (χ1) is 21.9. The Morgan fingerprint density at radius 3 is 1.21 bits per heavy atom. The van der Waals surface area contributed by atoms with Crippen LogP contribution in [0.15, 0.2) is 30.3 Å². The number of hydrogen-bond donors (Lipinski definition) is 10. The van der Waals surface area contributed by atoms with Crippen molar-refractivity contribution in [1.82, 2.24) is 26.6 Å². The highest BCUT2D eigenvalue weighted by Crippen LogP contribution is 2.07. The molecule has 0 heterocycles. The molecule has 5 atom stereocenters. The van der Waals surface area contributed by atoms with Gasteiger partial charge in [0.1, 0.15) is 30.2 Å². The number of nitrogens with one attached hydrogen (secondary N) is 5. The van der Waals surface area contributed by atoms with Gasteiger partial charge in [-0.15, -0.1) is 0 Å². The molecule has 20 heteroatoms. The Hall–Kier alpha value is -6.08. The van der Waals surface area contributed by atoms with Crippen molar-refractivity contribution in [3.63, 3.8) is 0 Å². The van der Waals surface area contributed by atoms with E-state index >= 15 is 0 Å². The van der Waals surface area contributed by atoms with Crippen LogP contribution in [0.3, 0.4) is 0 Å². The lowest BCUT2D eigenvalue weighted by Gasteiger charge is -2.26. The fraction of sp³-hybridized carbons (Fsp3) is 0.407. The van der Waals surface area contributed by atoms with Gasteiger partial charge in [-0.3, -0.25) is 47.9 Å². The predicted octanol–water partition coefficient (Wildman–Crippen LogP) is -3.94. The van der Waals surface area contributed by atoms with Crippen LogP contribution in [0.2, 0.25) is 0 Å². The van der Waals surface area contributed by atoms with E-state index in [-0.39, 0.29) is 6.42 Å². The minimum absolute atomic E-state index is 0.329. The van der Waals surface area contributed by atoms with Crippen molar-refractivity contribution >= 4 is 59.3 Å². The molecule has 0 aliphatic rings. The summed E-state index contributed by atoms with van der Waals surface area (Å²) in [5.74, 6) is -13.4. The summed E-state index contributed by atoms with van der Waals surface area (Å²) in [6.45, 7) is 0.981. The molecule has 6 amide bonds. The van der Waals surface area contributed by atoms with Crippen LogP contribution in [-0.4, -0.2) is 110 Å². The number of amides is 6. The van der Waals surface area contributed by atoms with Crippen LogP contribution in [0, 0.1) is 0 Å². The van der Waals surface area contributed by atoms with Crippen molar-refractivity contribution in [2.24, 2.45) is 5.73 Å². The summed E-state index contributed by atoms with van der Waals surface area (Å²) >= 11 is 0. The maximum Gasteiger partial charge on any atom is 0.305 e. The molecule has 0 aliphatic heterocycles. The topological polar surface area (TPSA) is 338 Å². The summed E-state index contributed by atoms with van der Waals surface area (Å²) in [5, 5.41) is 47.0. The van der Waals surface area contributed by atoms with Crippen molar-refractivity contribution in [2.75, 3.05) is 0 Å². The molecule has 0 spiro atoms. The van der Waals surface area contributed by atoms with Gasteiger partial charge >= 0.3 is 23.9 Å². The van der Waals surface area contributed by atoms with Gasteiger partial charge in [0.05, 0.1) is 25.7 Å². The van der Waals surface area contributed by atoms with Gasteiger partial charge in [-0.25, -0.2) is 0 Å². The average Bonchev–Trinajstić information content (AvgIpc) is 2.94. The standard InChI is InChI=1S/C27H34N6O14/c1-12(34)29-16(9-20(37)38)25(45)33-18(11-22(41)42)27(47)31-15(7-13-5-3-2-4-6-13)24(44)32-17(10-21(39)40)26(46)30-14(23(28)43)8-19(35)36/h2-6,14-18H,7-11H2,1H3,(H2,28,43)(H,29,34)(H,30,46)(H,31,47)(H,32,44)(H,33,45)(H,35,36)(H,37,38)(H,39,40)(H,41,42)/t14-,15-,16-,17-,18-/m0/s1. The smallest absolute Gasteiger partial charge is 0.305 e. The molecule has 1 aromatic rings. The molecule has 0 saturated heterocycles.